The zero-order valence-corrected chi connectivity index (χ0v) is 15.2. The Morgan fingerprint density at radius 1 is 0.909 bits per heavy atom. The molecule has 0 N–H and O–H groups in total. The van der Waals surface area contributed by atoms with Crippen molar-refractivity contribution < 1.29 is 28.4 Å². The first-order chi connectivity index (χ1) is 10.4. The predicted octanol–water partition coefficient (Wildman–Crippen LogP) is 3.29. The van der Waals surface area contributed by atoms with Gasteiger partial charge in [-0.25, -0.2) is 0 Å². The first-order valence-corrected chi connectivity index (χ1v) is 8.06. The molecule has 2 fully saturated rings. The molecule has 0 aromatic carbocycles. The van der Waals surface area contributed by atoms with E-state index in [0.29, 0.717) is 0 Å². The quantitative estimate of drug-likeness (QED) is 0.724. The molecule has 134 valence electrons. The molecule has 0 bridgehead atoms. The van der Waals surface area contributed by atoms with Gasteiger partial charge in [0.15, 0.2) is 24.7 Å². The van der Waals surface area contributed by atoms with E-state index in [-0.39, 0.29) is 24.7 Å². The van der Waals surface area contributed by atoms with E-state index in [2.05, 4.69) is 6.92 Å². The first-order valence-electron chi connectivity index (χ1n) is 8.06. The standard InChI is InChI=1S/C6H12O2.C5H10O2.C5H12O2/c1-4-5-7-6(2,3)8-5;1-2-5-6-3-4-7-5;1-4-5(6-2)7-3/h5H,4H2,1-3H3;5H,2-4H2,1H3;5H,4H2,1-3H3. The van der Waals surface area contributed by atoms with Crippen LogP contribution in [0.3, 0.4) is 0 Å². The van der Waals surface area contributed by atoms with Crippen molar-refractivity contribution in [1.82, 2.24) is 0 Å². The third-order valence-electron chi connectivity index (χ3n) is 3.05. The summed E-state index contributed by atoms with van der Waals surface area (Å²) >= 11 is 0. The second-order valence-electron chi connectivity index (χ2n) is 5.36. The van der Waals surface area contributed by atoms with Gasteiger partial charge in [0.2, 0.25) is 0 Å². The van der Waals surface area contributed by atoms with Gasteiger partial charge in [-0.05, 0) is 33.1 Å². The summed E-state index contributed by atoms with van der Waals surface area (Å²) in [5.74, 6) is -0.305. The molecule has 6 nitrogen and oxygen atoms in total. The molecule has 0 atom stereocenters. The van der Waals surface area contributed by atoms with Gasteiger partial charge < -0.3 is 28.4 Å². The summed E-state index contributed by atoms with van der Waals surface area (Å²) in [7, 11) is 3.27. The van der Waals surface area contributed by atoms with Crippen LogP contribution in [-0.4, -0.2) is 52.1 Å². The van der Waals surface area contributed by atoms with E-state index in [1.165, 1.54) is 0 Å². The molecular weight excluding hydrogens is 288 g/mol. The van der Waals surface area contributed by atoms with Crippen LogP contribution in [0, 0.1) is 0 Å². The Balaban J connectivity index is 0.000000302. The molecule has 2 saturated heterocycles. The van der Waals surface area contributed by atoms with Crippen LogP contribution in [0.4, 0.5) is 0 Å². The highest BCUT2D eigenvalue weighted by atomic mass is 16.9. The Hall–Kier alpha value is -0.240. The predicted molar refractivity (Wildman–Crippen MR) is 84.4 cm³/mol. The Morgan fingerprint density at radius 3 is 1.50 bits per heavy atom. The minimum absolute atomic E-state index is 0.0139. The van der Waals surface area contributed by atoms with Crippen LogP contribution in [0.25, 0.3) is 0 Å². The van der Waals surface area contributed by atoms with Gasteiger partial charge in [0.25, 0.3) is 0 Å². The number of rotatable bonds is 5. The number of hydrogen-bond acceptors (Lipinski definition) is 6. The van der Waals surface area contributed by atoms with Crippen molar-refractivity contribution in [3.63, 3.8) is 0 Å². The third kappa shape index (κ3) is 9.71. The fourth-order valence-electron chi connectivity index (χ4n) is 1.88. The summed E-state index contributed by atoms with van der Waals surface area (Å²) in [5, 5.41) is 0. The summed E-state index contributed by atoms with van der Waals surface area (Å²) < 4.78 is 30.3. The van der Waals surface area contributed by atoms with E-state index in [1.807, 2.05) is 27.7 Å². The molecular formula is C16H34O6. The minimum Gasteiger partial charge on any atom is -0.356 e. The van der Waals surface area contributed by atoms with Crippen molar-refractivity contribution in [2.45, 2.75) is 78.5 Å². The topological polar surface area (TPSA) is 55.4 Å². The second kappa shape index (κ2) is 12.2. The van der Waals surface area contributed by atoms with Gasteiger partial charge in [-0.15, -0.1) is 0 Å². The Bertz CT molecular complexity index is 232. The molecule has 6 heteroatoms. The fourth-order valence-corrected chi connectivity index (χ4v) is 1.88. The maximum atomic E-state index is 5.25. The van der Waals surface area contributed by atoms with Crippen molar-refractivity contribution in [1.29, 1.82) is 0 Å². The molecule has 0 aromatic rings. The molecule has 2 aliphatic heterocycles. The molecule has 22 heavy (non-hydrogen) atoms. The average Bonchev–Trinajstić information content (AvgIpc) is 3.01. The molecule has 2 aliphatic rings. The van der Waals surface area contributed by atoms with Crippen molar-refractivity contribution in [2.24, 2.45) is 0 Å². The number of methoxy groups -OCH3 is 2. The van der Waals surface area contributed by atoms with Gasteiger partial charge in [0.05, 0.1) is 13.2 Å². The first kappa shape index (κ1) is 21.8. The summed E-state index contributed by atoms with van der Waals surface area (Å²) in [6.07, 6.45) is 2.97. The molecule has 2 heterocycles. The van der Waals surface area contributed by atoms with Gasteiger partial charge in [-0.1, -0.05) is 20.8 Å². The summed E-state index contributed by atoms with van der Waals surface area (Å²) in [6, 6.07) is 0. The summed E-state index contributed by atoms with van der Waals surface area (Å²) in [6.45, 7) is 11.5. The lowest BCUT2D eigenvalue weighted by Gasteiger charge is -2.42. The summed E-state index contributed by atoms with van der Waals surface area (Å²) in [4.78, 5) is 0. The van der Waals surface area contributed by atoms with Gasteiger partial charge in [0, 0.05) is 14.2 Å². The van der Waals surface area contributed by atoms with Gasteiger partial charge in [0.1, 0.15) is 0 Å². The highest BCUT2D eigenvalue weighted by Gasteiger charge is 2.36. The zero-order valence-electron chi connectivity index (χ0n) is 15.2. The smallest absolute Gasteiger partial charge is 0.169 e. The SMILES string of the molecule is CCC(OC)OC.CCC1OC(C)(C)O1.CCC1OCCO1. The molecule has 0 unspecified atom stereocenters. The average molecular weight is 322 g/mol. The highest BCUT2D eigenvalue weighted by molar-refractivity contribution is 4.65. The maximum Gasteiger partial charge on any atom is 0.169 e. The highest BCUT2D eigenvalue weighted by Crippen LogP contribution is 2.29. The van der Waals surface area contributed by atoms with Crippen LogP contribution in [0.15, 0.2) is 0 Å². The van der Waals surface area contributed by atoms with Crippen LogP contribution in [-0.2, 0) is 28.4 Å². The van der Waals surface area contributed by atoms with Crippen LogP contribution in [0.5, 0.6) is 0 Å². The van der Waals surface area contributed by atoms with Crippen LogP contribution < -0.4 is 0 Å². The molecule has 0 aromatic heterocycles. The number of ether oxygens (including phenoxy) is 6. The van der Waals surface area contributed by atoms with E-state index in [1.54, 1.807) is 14.2 Å². The maximum absolute atomic E-state index is 5.25. The Labute approximate surface area is 135 Å². The Kier molecular flexibility index (Phi) is 12.1. The Morgan fingerprint density at radius 2 is 1.36 bits per heavy atom. The third-order valence-corrected chi connectivity index (χ3v) is 3.05. The van der Waals surface area contributed by atoms with E-state index in [0.717, 1.165) is 32.5 Å². The second-order valence-corrected chi connectivity index (χ2v) is 5.36. The largest absolute Gasteiger partial charge is 0.356 e. The lowest BCUT2D eigenvalue weighted by atomic mass is 10.3. The molecule has 0 amide bonds. The molecule has 0 spiro atoms. The van der Waals surface area contributed by atoms with E-state index < -0.39 is 0 Å². The van der Waals surface area contributed by atoms with Crippen molar-refractivity contribution in [2.75, 3.05) is 27.4 Å². The summed E-state index contributed by atoms with van der Waals surface area (Å²) in [5.41, 5.74) is 0. The van der Waals surface area contributed by atoms with Crippen molar-refractivity contribution >= 4 is 0 Å². The monoisotopic (exact) mass is 322 g/mol. The van der Waals surface area contributed by atoms with Crippen LogP contribution in [0.1, 0.15) is 53.9 Å². The molecule has 2 rings (SSSR count). The number of hydrogen-bond donors (Lipinski definition) is 0. The molecule has 0 aliphatic carbocycles. The van der Waals surface area contributed by atoms with Crippen LogP contribution >= 0.6 is 0 Å². The van der Waals surface area contributed by atoms with Gasteiger partial charge in [-0.2, -0.15) is 0 Å². The van der Waals surface area contributed by atoms with Crippen molar-refractivity contribution in [3.8, 4) is 0 Å². The normalized spacial score (nSPS) is 20.7. The fraction of sp³-hybridized carbons (Fsp3) is 1.00. The molecule has 0 saturated carbocycles. The van der Waals surface area contributed by atoms with Crippen molar-refractivity contribution in [3.05, 3.63) is 0 Å². The van der Waals surface area contributed by atoms with Crippen LogP contribution in [0.2, 0.25) is 0 Å². The zero-order chi connectivity index (χ0) is 17.0. The van der Waals surface area contributed by atoms with Gasteiger partial charge >= 0.3 is 0 Å². The lowest BCUT2D eigenvalue weighted by molar-refractivity contribution is -0.436. The molecule has 0 radical (unpaired) electrons. The minimum atomic E-state index is -0.305. The van der Waals surface area contributed by atoms with E-state index >= 15 is 0 Å². The van der Waals surface area contributed by atoms with Gasteiger partial charge in [-0.3, -0.25) is 0 Å². The van der Waals surface area contributed by atoms with E-state index in [4.69, 9.17) is 28.4 Å². The van der Waals surface area contributed by atoms with E-state index in [9.17, 15) is 0 Å². The lowest BCUT2D eigenvalue weighted by Crippen LogP contribution is -2.48.